The van der Waals surface area contributed by atoms with Crippen LogP contribution < -0.4 is 11.1 Å². The smallest absolute Gasteiger partial charge is 0.0629 e. The second kappa shape index (κ2) is 6.68. The first-order chi connectivity index (χ1) is 9.24. The summed E-state index contributed by atoms with van der Waals surface area (Å²) in [7, 11) is 0. The van der Waals surface area contributed by atoms with Crippen molar-refractivity contribution in [2.45, 2.75) is 38.1 Å². The molecule has 0 saturated heterocycles. The molecule has 1 fully saturated rings. The van der Waals surface area contributed by atoms with Gasteiger partial charge in [-0.1, -0.05) is 47.3 Å². The molecule has 2 nitrogen and oxygen atoms in total. The van der Waals surface area contributed by atoms with Crippen molar-refractivity contribution >= 4 is 50.5 Å². The summed E-state index contributed by atoms with van der Waals surface area (Å²) >= 11 is 3.50. The van der Waals surface area contributed by atoms with Crippen LogP contribution in [0.4, 0.5) is 11.4 Å². The van der Waals surface area contributed by atoms with E-state index >= 15 is 0 Å². The number of nitrogen functional groups attached to an aromatic ring is 1. The van der Waals surface area contributed by atoms with E-state index < -0.39 is 0 Å². The lowest BCUT2D eigenvalue weighted by Crippen LogP contribution is -2.22. The highest BCUT2D eigenvalue weighted by Crippen LogP contribution is 2.32. The predicted molar refractivity (Wildman–Crippen MR) is 93.8 cm³/mol. The number of hydrogen-bond donors (Lipinski definition) is 2. The van der Waals surface area contributed by atoms with E-state index in [2.05, 4.69) is 45.5 Å². The van der Waals surface area contributed by atoms with Crippen molar-refractivity contribution in [3.05, 3.63) is 34.8 Å². The molecule has 4 heteroatoms. The first-order valence-corrected chi connectivity index (χ1v) is 7.77. The second-order valence-corrected chi connectivity index (χ2v) is 6.29. The molecule has 1 aliphatic rings. The third kappa shape index (κ3) is 3.21. The van der Waals surface area contributed by atoms with Gasteiger partial charge in [-0.25, -0.2) is 0 Å². The normalized spacial score (nSPS) is 15.8. The molecule has 0 amide bonds. The van der Waals surface area contributed by atoms with Crippen molar-refractivity contribution < 1.29 is 0 Å². The van der Waals surface area contributed by atoms with Gasteiger partial charge in [0.1, 0.15) is 0 Å². The molecule has 0 radical (unpaired) electrons. The quantitative estimate of drug-likeness (QED) is 0.712. The van der Waals surface area contributed by atoms with Gasteiger partial charge >= 0.3 is 0 Å². The zero-order valence-electron chi connectivity index (χ0n) is 11.4. The number of rotatable bonds is 2. The van der Waals surface area contributed by atoms with E-state index in [0.29, 0.717) is 6.04 Å². The molecule has 0 bridgehead atoms. The van der Waals surface area contributed by atoms with Crippen LogP contribution in [-0.2, 0) is 0 Å². The van der Waals surface area contributed by atoms with E-state index in [1.165, 1.54) is 37.5 Å². The predicted octanol–water partition coefficient (Wildman–Crippen LogP) is 5.35. The molecule has 0 atom stereocenters. The molecule has 1 aliphatic carbocycles. The molecule has 3 rings (SSSR count). The average molecular weight is 356 g/mol. The minimum atomic E-state index is 0. The maximum absolute atomic E-state index is 6.31. The zero-order valence-corrected chi connectivity index (χ0v) is 13.8. The Hall–Kier alpha value is -0.930. The van der Waals surface area contributed by atoms with Crippen LogP contribution in [0.2, 0.25) is 0 Å². The van der Waals surface area contributed by atoms with Crippen LogP contribution >= 0.6 is 28.3 Å². The summed E-state index contributed by atoms with van der Waals surface area (Å²) in [6, 6.07) is 11.1. The molecular formula is C16H20BrClN2. The summed E-state index contributed by atoms with van der Waals surface area (Å²) in [5, 5.41) is 5.93. The van der Waals surface area contributed by atoms with E-state index in [9.17, 15) is 0 Å². The lowest BCUT2D eigenvalue weighted by atomic mass is 9.95. The molecule has 20 heavy (non-hydrogen) atoms. The summed E-state index contributed by atoms with van der Waals surface area (Å²) in [6.45, 7) is 0. The first-order valence-electron chi connectivity index (χ1n) is 6.98. The maximum Gasteiger partial charge on any atom is 0.0629 e. The van der Waals surface area contributed by atoms with E-state index in [1.807, 2.05) is 6.07 Å². The number of hydrogen-bond acceptors (Lipinski definition) is 2. The van der Waals surface area contributed by atoms with Gasteiger partial charge in [0.05, 0.1) is 11.4 Å². The van der Waals surface area contributed by atoms with Crippen LogP contribution in [-0.4, -0.2) is 6.04 Å². The molecular weight excluding hydrogens is 336 g/mol. The van der Waals surface area contributed by atoms with Gasteiger partial charge in [0, 0.05) is 15.9 Å². The average Bonchev–Trinajstić information content (AvgIpc) is 2.43. The Bertz CT molecular complexity index is 594. The summed E-state index contributed by atoms with van der Waals surface area (Å²) in [5.41, 5.74) is 8.26. The van der Waals surface area contributed by atoms with E-state index in [-0.39, 0.29) is 12.4 Å². The number of benzene rings is 2. The lowest BCUT2D eigenvalue weighted by molar-refractivity contribution is 0.463. The molecule has 0 aliphatic heterocycles. The Balaban J connectivity index is 0.00000147. The van der Waals surface area contributed by atoms with Crippen molar-refractivity contribution in [3.8, 4) is 0 Å². The molecule has 0 unspecified atom stereocenters. The van der Waals surface area contributed by atoms with Gasteiger partial charge in [-0.15, -0.1) is 12.4 Å². The molecule has 2 aromatic rings. The minimum absolute atomic E-state index is 0. The Kier molecular flexibility index (Phi) is 5.17. The van der Waals surface area contributed by atoms with Crippen LogP contribution in [0.1, 0.15) is 32.1 Å². The molecule has 0 aromatic heterocycles. The van der Waals surface area contributed by atoms with E-state index in [0.717, 1.165) is 21.2 Å². The fourth-order valence-electron chi connectivity index (χ4n) is 2.92. The third-order valence-electron chi connectivity index (χ3n) is 3.99. The second-order valence-electron chi connectivity index (χ2n) is 5.37. The Labute approximate surface area is 134 Å². The maximum atomic E-state index is 6.31. The van der Waals surface area contributed by atoms with E-state index in [4.69, 9.17) is 5.73 Å². The Morgan fingerprint density at radius 2 is 1.80 bits per heavy atom. The fourth-order valence-corrected chi connectivity index (χ4v) is 3.30. The summed E-state index contributed by atoms with van der Waals surface area (Å²) in [4.78, 5) is 0. The van der Waals surface area contributed by atoms with Crippen LogP contribution in [0.15, 0.2) is 34.8 Å². The number of anilines is 2. The van der Waals surface area contributed by atoms with Crippen molar-refractivity contribution in [2.75, 3.05) is 11.1 Å². The van der Waals surface area contributed by atoms with Crippen LogP contribution in [0.25, 0.3) is 10.8 Å². The van der Waals surface area contributed by atoms with Gasteiger partial charge in [-0.05, 0) is 36.4 Å². The Morgan fingerprint density at radius 3 is 2.55 bits per heavy atom. The summed E-state index contributed by atoms with van der Waals surface area (Å²) < 4.78 is 1.09. The number of nitrogens with two attached hydrogens (primary N) is 1. The van der Waals surface area contributed by atoms with Gasteiger partial charge in [0.25, 0.3) is 0 Å². The van der Waals surface area contributed by atoms with Crippen molar-refractivity contribution in [1.82, 2.24) is 0 Å². The first kappa shape index (κ1) is 15.5. The van der Waals surface area contributed by atoms with Crippen LogP contribution in [0.3, 0.4) is 0 Å². The number of fused-ring (bicyclic) bond motifs is 1. The van der Waals surface area contributed by atoms with Gasteiger partial charge in [0.15, 0.2) is 0 Å². The van der Waals surface area contributed by atoms with Crippen molar-refractivity contribution in [2.24, 2.45) is 0 Å². The topological polar surface area (TPSA) is 38.0 Å². The highest BCUT2D eigenvalue weighted by Gasteiger charge is 2.14. The molecule has 2 aromatic carbocycles. The Morgan fingerprint density at radius 1 is 1.05 bits per heavy atom. The molecule has 108 valence electrons. The standard InChI is InChI=1S/C16H19BrN2.ClH/c17-12-7-8-14-11(10-12)6-9-15(16(14)18)19-13-4-2-1-3-5-13;/h6-10,13,19H,1-5,18H2;1H. The van der Waals surface area contributed by atoms with Gasteiger partial charge in [-0.2, -0.15) is 0 Å². The van der Waals surface area contributed by atoms with Crippen LogP contribution in [0, 0.1) is 0 Å². The highest BCUT2D eigenvalue weighted by atomic mass is 79.9. The minimum Gasteiger partial charge on any atom is -0.397 e. The van der Waals surface area contributed by atoms with Crippen molar-refractivity contribution in [1.29, 1.82) is 0 Å². The number of nitrogens with one attached hydrogen (secondary N) is 1. The monoisotopic (exact) mass is 354 g/mol. The van der Waals surface area contributed by atoms with E-state index in [1.54, 1.807) is 0 Å². The zero-order chi connectivity index (χ0) is 13.2. The van der Waals surface area contributed by atoms with Crippen molar-refractivity contribution in [3.63, 3.8) is 0 Å². The molecule has 3 N–H and O–H groups in total. The van der Waals surface area contributed by atoms with Gasteiger partial charge in [-0.3, -0.25) is 0 Å². The largest absolute Gasteiger partial charge is 0.397 e. The van der Waals surface area contributed by atoms with Crippen LogP contribution in [0.5, 0.6) is 0 Å². The summed E-state index contributed by atoms with van der Waals surface area (Å²) in [6.07, 6.45) is 6.56. The third-order valence-corrected chi connectivity index (χ3v) is 4.48. The molecule has 1 saturated carbocycles. The number of halogens is 2. The highest BCUT2D eigenvalue weighted by molar-refractivity contribution is 9.10. The van der Waals surface area contributed by atoms with Gasteiger partial charge < -0.3 is 11.1 Å². The SMILES string of the molecule is Cl.Nc1c(NC2CCCCC2)ccc2cc(Br)ccc12. The lowest BCUT2D eigenvalue weighted by Gasteiger charge is -2.25. The molecule has 0 spiro atoms. The summed E-state index contributed by atoms with van der Waals surface area (Å²) in [5.74, 6) is 0. The molecule has 0 heterocycles. The fraction of sp³-hybridized carbons (Fsp3) is 0.375. The van der Waals surface area contributed by atoms with Gasteiger partial charge in [0.2, 0.25) is 0 Å².